The van der Waals surface area contributed by atoms with Gasteiger partial charge >= 0.3 is 0 Å². The molecule has 0 saturated heterocycles. The van der Waals surface area contributed by atoms with Gasteiger partial charge in [0, 0.05) is 19.0 Å². The Hall–Kier alpha value is -0.610. The predicted molar refractivity (Wildman–Crippen MR) is 62.0 cm³/mol. The molecule has 1 aliphatic rings. The number of aliphatic hydroxyl groups is 2. The van der Waals surface area contributed by atoms with Crippen molar-refractivity contribution < 1.29 is 15.0 Å². The smallest absolute Gasteiger partial charge is 0.222 e. The van der Waals surface area contributed by atoms with Gasteiger partial charge in [-0.25, -0.2) is 0 Å². The van der Waals surface area contributed by atoms with Crippen molar-refractivity contribution in [2.45, 2.75) is 57.6 Å². The van der Waals surface area contributed by atoms with E-state index in [4.69, 9.17) is 10.2 Å². The molecule has 1 rings (SSSR count). The summed E-state index contributed by atoms with van der Waals surface area (Å²) in [6, 6.07) is 0.314. The van der Waals surface area contributed by atoms with E-state index in [1.807, 2.05) is 0 Å². The Kier molecular flexibility index (Phi) is 5.77. The van der Waals surface area contributed by atoms with Gasteiger partial charge in [0.1, 0.15) is 0 Å². The molecule has 4 heteroatoms. The Morgan fingerprint density at radius 2 is 2.06 bits per heavy atom. The topological polar surface area (TPSA) is 60.8 Å². The second-order valence-electron chi connectivity index (χ2n) is 4.64. The Morgan fingerprint density at radius 3 is 2.56 bits per heavy atom. The van der Waals surface area contributed by atoms with Crippen molar-refractivity contribution in [3.05, 3.63) is 0 Å². The van der Waals surface area contributed by atoms with Crippen LogP contribution in [0.1, 0.15) is 45.4 Å². The molecule has 1 unspecified atom stereocenters. The van der Waals surface area contributed by atoms with Crippen molar-refractivity contribution in [1.29, 1.82) is 0 Å². The second kappa shape index (κ2) is 6.86. The van der Waals surface area contributed by atoms with Gasteiger partial charge in [-0.3, -0.25) is 4.79 Å². The monoisotopic (exact) mass is 229 g/mol. The maximum Gasteiger partial charge on any atom is 0.222 e. The lowest BCUT2D eigenvalue weighted by molar-refractivity contribution is -0.134. The van der Waals surface area contributed by atoms with Crippen molar-refractivity contribution in [2.75, 3.05) is 13.2 Å². The van der Waals surface area contributed by atoms with Crippen LogP contribution in [0.25, 0.3) is 0 Å². The van der Waals surface area contributed by atoms with E-state index in [1.165, 1.54) is 12.8 Å². The number of rotatable bonds is 6. The van der Waals surface area contributed by atoms with Gasteiger partial charge in [-0.05, 0) is 26.2 Å². The molecule has 94 valence electrons. The first-order valence-corrected chi connectivity index (χ1v) is 6.23. The minimum absolute atomic E-state index is 0.0247. The average molecular weight is 229 g/mol. The summed E-state index contributed by atoms with van der Waals surface area (Å²) < 4.78 is 0. The number of nitrogens with zero attached hydrogens (tertiary/aromatic N) is 1. The van der Waals surface area contributed by atoms with Crippen LogP contribution in [0.5, 0.6) is 0 Å². The van der Waals surface area contributed by atoms with Gasteiger partial charge < -0.3 is 15.1 Å². The number of carbonyl (C=O) groups excluding carboxylic acids is 1. The van der Waals surface area contributed by atoms with Crippen molar-refractivity contribution in [1.82, 2.24) is 4.90 Å². The van der Waals surface area contributed by atoms with Crippen LogP contribution in [-0.4, -0.2) is 46.3 Å². The molecule has 16 heavy (non-hydrogen) atoms. The second-order valence-corrected chi connectivity index (χ2v) is 4.64. The molecule has 0 aliphatic heterocycles. The molecule has 1 amide bonds. The van der Waals surface area contributed by atoms with E-state index in [2.05, 4.69) is 0 Å². The Bertz CT molecular complexity index is 212. The molecule has 4 nitrogen and oxygen atoms in total. The van der Waals surface area contributed by atoms with Crippen molar-refractivity contribution in [3.63, 3.8) is 0 Å². The summed E-state index contributed by atoms with van der Waals surface area (Å²) >= 11 is 0. The zero-order valence-corrected chi connectivity index (χ0v) is 10.1. The van der Waals surface area contributed by atoms with Gasteiger partial charge in [-0.1, -0.05) is 12.8 Å². The normalized spacial score (nSPS) is 18.7. The third-order valence-corrected chi connectivity index (χ3v) is 3.20. The Balaban J connectivity index is 2.44. The first-order chi connectivity index (χ1) is 7.65. The molecule has 1 aliphatic carbocycles. The average Bonchev–Trinajstić information content (AvgIpc) is 2.75. The van der Waals surface area contributed by atoms with Crippen molar-refractivity contribution >= 4 is 5.91 Å². The molecule has 0 radical (unpaired) electrons. The zero-order valence-electron chi connectivity index (χ0n) is 10.1. The number of hydrogen-bond acceptors (Lipinski definition) is 3. The highest BCUT2D eigenvalue weighted by atomic mass is 16.3. The Labute approximate surface area is 97.3 Å². The molecule has 0 bridgehead atoms. The lowest BCUT2D eigenvalue weighted by Gasteiger charge is -2.28. The van der Waals surface area contributed by atoms with E-state index in [0.717, 1.165) is 12.8 Å². The highest BCUT2D eigenvalue weighted by molar-refractivity contribution is 5.76. The number of amides is 1. The molecular weight excluding hydrogens is 206 g/mol. The maximum atomic E-state index is 11.9. The van der Waals surface area contributed by atoms with Crippen LogP contribution in [0, 0.1) is 0 Å². The molecule has 0 heterocycles. The first-order valence-electron chi connectivity index (χ1n) is 6.23. The van der Waals surface area contributed by atoms with Crippen LogP contribution in [0.2, 0.25) is 0 Å². The molecule has 1 fully saturated rings. The highest BCUT2D eigenvalue weighted by Crippen LogP contribution is 2.24. The Morgan fingerprint density at radius 1 is 1.44 bits per heavy atom. The lowest BCUT2D eigenvalue weighted by Crippen LogP contribution is -2.40. The molecule has 2 N–H and O–H groups in total. The van der Waals surface area contributed by atoms with E-state index >= 15 is 0 Å². The number of aliphatic hydroxyl groups excluding tert-OH is 2. The van der Waals surface area contributed by atoms with Gasteiger partial charge in [-0.2, -0.15) is 0 Å². The van der Waals surface area contributed by atoms with Crippen LogP contribution in [-0.2, 0) is 4.79 Å². The van der Waals surface area contributed by atoms with E-state index < -0.39 is 6.10 Å². The fraction of sp³-hybridized carbons (Fsp3) is 0.917. The van der Waals surface area contributed by atoms with Crippen LogP contribution in [0.3, 0.4) is 0 Å². The molecule has 0 aromatic rings. The molecule has 0 spiro atoms. The van der Waals surface area contributed by atoms with Gasteiger partial charge in [0.15, 0.2) is 0 Å². The van der Waals surface area contributed by atoms with Crippen LogP contribution < -0.4 is 0 Å². The molecule has 1 atom stereocenters. The van der Waals surface area contributed by atoms with Gasteiger partial charge in [0.25, 0.3) is 0 Å². The summed E-state index contributed by atoms with van der Waals surface area (Å²) in [5.41, 5.74) is 0. The maximum absolute atomic E-state index is 11.9. The molecule has 0 aromatic heterocycles. The minimum Gasteiger partial charge on any atom is -0.395 e. The van der Waals surface area contributed by atoms with Crippen LogP contribution >= 0.6 is 0 Å². The van der Waals surface area contributed by atoms with Gasteiger partial charge in [0.05, 0.1) is 12.7 Å². The third-order valence-electron chi connectivity index (χ3n) is 3.20. The van der Waals surface area contributed by atoms with Crippen LogP contribution in [0.4, 0.5) is 0 Å². The van der Waals surface area contributed by atoms with Crippen LogP contribution in [0.15, 0.2) is 0 Å². The quantitative estimate of drug-likeness (QED) is 0.711. The summed E-state index contributed by atoms with van der Waals surface area (Å²) in [5.74, 6) is 0.0712. The number of carbonyl (C=O) groups is 1. The highest BCUT2D eigenvalue weighted by Gasteiger charge is 2.25. The third kappa shape index (κ3) is 4.10. The number of hydrogen-bond donors (Lipinski definition) is 2. The predicted octanol–water partition coefficient (Wildman–Crippen LogP) is 0.911. The van der Waals surface area contributed by atoms with E-state index in [-0.39, 0.29) is 12.5 Å². The fourth-order valence-electron chi connectivity index (χ4n) is 2.31. The lowest BCUT2D eigenvalue weighted by atomic mass is 10.1. The first kappa shape index (κ1) is 13.5. The van der Waals surface area contributed by atoms with Gasteiger partial charge in [0.2, 0.25) is 5.91 Å². The van der Waals surface area contributed by atoms with Crippen molar-refractivity contribution in [2.24, 2.45) is 0 Å². The molecule has 1 saturated carbocycles. The standard InChI is InChI=1S/C12H23NO3/c1-10(15)6-7-12(16)13(8-9-14)11-4-2-3-5-11/h10-11,14-15H,2-9H2,1H3. The van der Waals surface area contributed by atoms with E-state index in [9.17, 15) is 4.79 Å². The fourth-order valence-corrected chi connectivity index (χ4v) is 2.31. The summed E-state index contributed by atoms with van der Waals surface area (Å²) in [7, 11) is 0. The summed E-state index contributed by atoms with van der Waals surface area (Å²) in [5, 5.41) is 18.1. The van der Waals surface area contributed by atoms with E-state index in [1.54, 1.807) is 11.8 Å². The molecule has 0 aromatic carbocycles. The van der Waals surface area contributed by atoms with E-state index in [0.29, 0.717) is 25.4 Å². The summed E-state index contributed by atoms with van der Waals surface area (Å²) in [6.45, 7) is 2.15. The summed E-state index contributed by atoms with van der Waals surface area (Å²) in [4.78, 5) is 13.7. The SMILES string of the molecule is CC(O)CCC(=O)N(CCO)C1CCCC1. The van der Waals surface area contributed by atoms with Crippen molar-refractivity contribution in [3.8, 4) is 0 Å². The zero-order chi connectivity index (χ0) is 12.0. The largest absolute Gasteiger partial charge is 0.395 e. The minimum atomic E-state index is -0.427. The van der Waals surface area contributed by atoms with Gasteiger partial charge in [-0.15, -0.1) is 0 Å². The summed E-state index contributed by atoms with van der Waals surface area (Å²) in [6.07, 6.45) is 4.93. The molecular formula is C12H23NO3.